The van der Waals surface area contributed by atoms with Gasteiger partial charge in [-0.1, -0.05) is 58.0 Å². The van der Waals surface area contributed by atoms with Crippen LogP contribution in [-0.2, 0) is 4.79 Å². The van der Waals surface area contributed by atoms with E-state index in [-0.39, 0.29) is 5.75 Å². The zero-order valence-electron chi connectivity index (χ0n) is 11.9. The highest BCUT2D eigenvalue weighted by molar-refractivity contribution is 9.10. The van der Waals surface area contributed by atoms with E-state index in [2.05, 4.69) is 26.1 Å². The molecule has 0 aliphatic rings. The van der Waals surface area contributed by atoms with Crippen LogP contribution < -0.4 is 0 Å². The van der Waals surface area contributed by atoms with Crippen molar-refractivity contribution in [2.24, 2.45) is 0 Å². The molecule has 1 aromatic heterocycles. The zero-order valence-corrected chi connectivity index (χ0v) is 14.3. The van der Waals surface area contributed by atoms with E-state index in [0.717, 1.165) is 27.5 Å². The molecule has 1 N–H and O–H groups in total. The standard InChI is InChI=1S/C16H12BrN3O2S/c17-12-8-6-11(7-9-12)15-18-19-16(23-10-14(21)22)20(15)13-4-2-1-3-5-13/h1-9H,10H2,(H,21,22). The van der Waals surface area contributed by atoms with Crippen molar-refractivity contribution in [1.82, 2.24) is 14.8 Å². The fourth-order valence-electron chi connectivity index (χ4n) is 2.09. The summed E-state index contributed by atoms with van der Waals surface area (Å²) in [4.78, 5) is 10.9. The Labute approximate surface area is 145 Å². The first-order valence-electron chi connectivity index (χ1n) is 6.76. The molecule has 0 unspecified atom stereocenters. The Morgan fingerprint density at radius 2 is 1.78 bits per heavy atom. The lowest BCUT2D eigenvalue weighted by molar-refractivity contribution is -0.133. The fraction of sp³-hybridized carbons (Fsp3) is 0.0625. The Kier molecular flexibility index (Phi) is 4.78. The van der Waals surface area contributed by atoms with Crippen LogP contribution in [0.3, 0.4) is 0 Å². The quantitative estimate of drug-likeness (QED) is 0.670. The molecular weight excluding hydrogens is 378 g/mol. The van der Waals surface area contributed by atoms with Gasteiger partial charge in [-0.15, -0.1) is 10.2 Å². The summed E-state index contributed by atoms with van der Waals surface area (Å²) in [5, 5.41) is 17.9. The van der Waals surface area contributed by atoms with Crippen molar-refractivity contribution in [2.45, 2.75) is 5.16 Å². The minimum absolute atomic E-state index is 0.0642. The topological polar surface area (TPSA) is 68.0 Å². The summed E-state index contributed by atoms with van der Waals surface area (Å²) in [6.07, 6.45) is 0. The van der Waals surface area contributed by atoms with Gasteiger partial charge in [0.2, 0.25) is 0 Å². The Bertz CT molecular complexity index is 819. The molecule has 0 aliphatic heterocycles. The van der Waals surface area contributed by atoms with E-state index < -0.39 is 5.97 Å². The predicted molar refractivity (Wildman–Crippen MR) is 92.9 cm³/mol. The van der Waals surface area contributed by atoms with E-state index in [1.807, 2.05) is 59.2 Å². The molecule has 0 radical (unpaired) electrons. The van der Waals surface area contributed by atoms with Gasteiger partial charge >= 0.3 is 5.97 Å². The lowest BCUT2D eigenvalue weighted by Crippen LogP contribution is -2.03. The van der Waals surface area contributed by atoms with Crippen LogP contribution in [-0.4, -0.2) is 31.6 Å². The second kappa shape index (κ2) is 6.97. The minimum atomic E-state index is -0.886. The molecule has 3 rings (SSSR count). The van der Waals surface area contributed by atoms with Gasteiger partial charge in [0.1, 0.15) is 0 Å². The molecular formula is C16H12BrN3O2S. The molecule has 0 bridgehead atoms. The number of hydrogen-bond donors (Lipinski definition) is 1. The van der Waals surface area contributed by atoms with Crippen LogP contribution in [0.25, 0.3) is 17.1 Å². The summed E-state index contributed by atoms with van der Waals surface area (Å²) >= 11 is 4.56. The summed E-state index contributed by atoms with van der Waals surface area (Å²) in [5.74, 6) is -0.273. The third-order valence-corrected chi connectivity index (χ3v) is 4.52. The predicted octanol–water partition coefficient (Wildman–Crippen LogP) is 3.87. The van der Waals surface area contributed by atoms with Crippen molar-refractivity contribution in [2.75, 3.05) is 5.75 Å². The minimum Gasteiger partial charge on any atom is -0.481 e. The van der Waals surface area contributed by atoms with Gasteiger partial charge in [-0.05, 0) is 24.3 Å². The lowest BCUT2D eigenvalue weighted by Gasteiger charge is -2.09. The van der Waals surface area contributed by atoms with Gasteiger partial charge in [-0.2, -0.15) is 0 Å². The third kappa shape index (κ3) is 3.62. The Morgan fingerprint density at radius 3 is 2.43 bits per heavy atom. The highest BCUT2D eigenvalue weighted by atomic mass is 79.9. The van der Waals surface area contributed by atoms with Crippen LogP contribution in [0.15, 0.2) is 64.2 Å². The number of carboxylic acids is 1. The maximum Gasteiger partial charge on any atom is 0.313 e. The Hall–Kier alpha value is -2.12. The third-order valence-electron chi connectivity index (χ3n) is 3.07. The summed E-state index contributed by atoms with van der Waals surface area (Å²) in [6.45, 7) is 0. The number of carboxylic acid groups (broad SMARTS) is 1. The molecule has 5 nitrogen and oxygen atoms in total. The van der Waals surface area contributed by atoms with Crippen LogP contribution >= 0.6 is 27.7 Å². The zero-order chi connectivity index (χ0) is 16.2. The number of aromatic nitrogens is 3. The molecule has 0 saturated carbocycles. The maximum atomic E-state index is 10.9. The molecule has 23 heavy (non-hydrogen) atoms. The molecule has 0 saturated heterocycles. The van der Waals surface area contributed by atoms with Crippen molar-refractivity contribution in [3.05, 3.63) is 59.1 Å². The van der Waals surface area contributed by atoms with Crippen LogP contribution in [0.1, 0.15) is 0 Å². The van der Waals surface area contributed by atoms with Crippen LogP contribution in [0, 0.1) is 0 Å². The van der Waals surface area contributed by atoms with E-state index in [4.69, 9.17) is 5.11 Å². The number of halogens is 1. The van der Waals surface area contributed by atoms with Crippen LogP contribution in [0.5, 0.6) is 0 Å². The van der Waals surface area contributed by atoms with E-state index in [1.54, 1.807) is 0 Å². The first kappa shape index (κ1) is 15.8. The fourth-order valence-corrected chi connectivity index (χ4v) is 3.02. The van der Waals surface area contributed by atoms with Gasteiger partial charge in [-0.3, -0.25) is 9.36 Å². The number of aliphatic carboxylic acids is 1. The van der Waals surface area contributed by atoms with Crippen molar-refractivity contribution < 1.29 is 9.90 Å². The number of thioether (sulfide) groups is 1. The van der Waals surface area contributed by atoms with Crippen molar-refractivity contribution in [1.29, 1.82) is 0 Å². The number of nitrogens with zero attached hydrogens (tertiary/aromatic N) is 3. The average molecular weight is 390 g/mol. The highest BCUT2D eigenvalue weighted by Crippen LogP contribution is 2.28. The number of benzene rings is 2. The number of carbonyl (C=O) groups is 1. The van der Waals surface area contributed by atoms with Gasteiger partial charge in [-0.25, -0.2) is 0 Å². The largest absolute Gasteiger partial charge is 0.481 e. The monoisotopic (exact) mass is 389 g/mol. The summed E-state index contributed by atoms with van der Waals surface area (Å²) in [7, 11) is 0. The summed E-state index contributed by atoms with van der Waals surface area (Å²) in [6, 6.07) is 17.4. The summed E-state index contributed by atoms with van der Waals surface area (Å²) < 4.78 is 2.85. The van der Waals surface area contributed by atoms with Crippen molar-refractivity contribution in [3.63, 3.8) is 0 Å². The highest BCUT2D eigenvalue weighted by Gasteiger charge is 2.16. The SMILES string of the molecule is O=C(O)CSc1nnc(-c2ccc(Br)cc2)n1-c1ccccc1. The van der Waals surface area contributed by atoms with E-state index >= 15 is 0 Å². The molecule has 0 spiro atoms. The number of hydrogen-bond acceptors (Lipinski definition) is 4. The molecule has 7 heteroatoms. The molecule has 116 valence electrons. The smallest absolute Gasteiger partial charge is 0.313 e. The molecule has 0 atom stereocenters. The van der Waals surface area contributed by atoms with Gasteiger partial charge in [0, 0.05) is 15.7 Å². The molecule has 0 aliphatic carbocycles. The van der Waals surface area contributed by atoms with E-state index in [9.17, 15) is 4.79 Å². The first-order chi connectivity index (χ1) is 11.1. The Balaban J connectivity index is 2.09. The van der Waals surface area contributed by atoms with Crippen LogP contribution in [0.4, 0.5) is 0 Å². The normalized spacial score (nSPS) is 10.7. The molecule has 2 aromatic carbocycles. The molecule has 0 fully saturated rings. The van der Waals surface area contributed by atoms with Gasteiger partial charge in [0.05, 0.1) is 5.75 Å². The van der Waals surface area contributed by atoms with Crippen molar-refractivity contribution >= 4 is 33.7 Å². The molecule has 3 aromatic rings. The second-order valence-corrected chi connectivity index (χ2v) is 6.52. The number of para-hydroxylation sites is 1. The van der Waals surface area contributed by atoms with E-state index in [1.165, 1.54) is 0 Å². The maximum absolute atomic E-state index is 10.9. The summed E-state index contributed by atoms with van der Waals surface area (Å²) in [5.41, 5.74) is 1.80. The van der Waals surface area contributed by atoms with Gasteiger partial charge < -0.3 is 5.11 Å². The Morgan fingerprint density at radius 1 is 1.09 bits per heavy atom. The average Bonchev–Trinajstić information content (AvgIpc) is 2.98. The first-order valence-corrected chi connectivity index (χ1v) is 8.54. The lowest BCUT2D eigenvalue weighted by atomic mass is 10.2. The van der Waals surface area contributed by atoms with Gasteiger partial charge in [0.25, 0.3) is 0 Å². The van der Waals surface area contributed by atoms with Crippen molar-refractivity contribution in [3.8, 4) is 17.1 Å². The number of rotatable bonds is 5. The van der Waals surface area contributed by atoms with Gasteiger partial charge in [0.15, 0.2) is 11.0 Å². The molecule has 1 heterocycles. The second-order valence-electron chi connectivity index (χ2n) is 4.67. The van der Waals surface area contributed by atoms with Crippen LogP contribution in [0.2, 0.25) is 0 Å². The van der Waals surface area contributed by atoms with E-state index in [0.29, 0.717) is 11.0 Å². The molecule has 0 amide bonds.